The molecule has 0 bridgehead atoms. The van der Waals surface area contributed by atoms with Gasteiger partial charge in [-0.2, -0.15) is 0 Å². The largest absolute Gasteiger partial charge is 0.497 e. The number of benzene rings is 1. The Balaban J connectivity index is 0.00000225. The summed E-state index contributed by atoms with van der Waals surface area (Å²) in [6.45, 7) is 3.04. The van der Waals surface area contributed by atoms with Crippen LogP contribution in [0.15, 0.2) is 18.2 Å². The number of aromatic nitrogens is 2. The van der Waals surface area contributed by atoms with Crippen molar-refractivity contribution in [2.45, 2.75) is 32.2 Å². The number of fused-ring (bicyclic) bond motifs is 1. The second-order valence-electron chi connectivity index (χ2n) is 7.53. The molecule has 10 heteroatoms. The van der Waals surface area contributed by atoms with Crippen LogP contribution in [-0.4, -0.2) is 71.4 Å². The number of ether oxygens (including phenoxy) is 1. The molecule has 0 unspecified atom stereocenters. The number of imidazole rings is 1. The summed E-state index contributed by atoms with van der Waals surface area (Å²) >= 11 is 0. The van der Waals surface area contributed by atoms with Gasteiger partial charge in [0.15, 0.2) is 0 Å². The molecule has 2 aromatic rings. The Labute approximate surface area is 189 Å². The highest BCUT2D eigenvalue weighted by Gasteiger charge is 2.30. The number of methoxy groups -OCH3 is 1. The van der Waals surface area contributed by atoms with E-state index in [-0.39, 0.29) is 48.6 Å². The van der Waals surface area contributed by atoms with E-state index in [1.54, 1.807) is 24.0 Å². The third kappa shape index (κ3) is 6.23. The molecule has 0 saturated carbocycles. The molecule has 0 radical (unpaired) electrons. The van der Waals surface area contributed by atoms with Crippen LogP contribution in [0, 0.1) is 5.92 Å². The minimum absolute atomic E-state index is 0. The highest BCUT2D eigenvalue weighted by atomic mass is 35.5. The van der Waals surface area contributed by atoms with Crippen molar-refractivity contribution < 1.29 is 14.3 Å². The number of hydrogen-bond donors (Lipinski definition) is 2. The summed E-state index contributed by atoms with van der Waals surface area (Å²) in [7, 11) is 3.43. The molecule has 1 saturated heterocycles. The first-order valence-electron chi connectivity index (χ1n) is 9.66. The van der Waals surface area contributed by atoms with Gasteiger partial charge in [-0.1, -0.05) is 0 Å². The van der Waals surface area contributed by atoms with E-state index in [4.69, 9.17) is 10.5 Å². The maximum atomic E-state index is 12.9. The lowest BCUT2D eigenvalue weighted by atomic mass is 10.0. The Hall–Kier alpha value is -2.03. The summed E-state index contributed by atoms with van der Waals surface area (Å²) in [5.41, 5.74) is 7.84. The summed E-state index contributed by atoms with van der Waals surface area (Å²) in [4.78, 5) is 36.0. The van der Waals surface area contributed by atoms with E-state index in [2.05, 4.69) is 9.97 Å². The molecule has 1 aromatic heterocycles. The van der Waals surface area contributed by atoms with Crippen molar-refractivity contribution in [2.24, 2.45) is 11.7 Å². The normalized spacial score (nSPS) is 18.7. The SMILES string of the molecule is COc1ccc2nc(CCN(C)C(=O)[C@@H]3CC[C@H](N)CN(C(C)=O)C3)[nH]c2c1.Cl.Cl. The smallest absolute Gasteiger partial charge is 0.227 e. The summed E-state index contributed by atoms with van der Waals surface area (Å²) in [5.74, 6) is 1.42. The average Bonchev–Trinajstić information content (AvgIpc) is 2.98. The van der Waals surface area contributed by atoms with E-state index in [9.17, 15) is 9.59 Å². The number of carbonyl (C=O) groups is 2. The zero-order valence-corrected chi connectivity index (χ0v) is 19.2. The lowest BCUT2D eigenvalue weighted by molar-refractivity contribution is -0.136. The third-order valence-corrected chi connectivity index (χ3v) is 5.37. The standard InChI is InChI=1S/C20H29N5O3.2ClH/c1-13(26)25-11-14(4-5-15(21)12-25)20(27)24(2)9-8-19-22-17-7-6-16(28-3)10-18(17)23-19;;/h6-7,10,14-15H,4-5,8-9,11-12,21H2,1-3H3,(H,22,23);2*1H/t14-,15+;;/m1../s1. The Bertz CT molecular complexity index is 860. The molecule has 3 N–H and O–H groups in total. The molecule has 1 aliphatic rings. The molecule has 168 valence electrons. The van der Waals surface area contributed by atoms with Gasteiger partial charge in [0, 0.05) is 52.1 Å². The number of carbonyl (C=O) groups excluding carboxylic acids is 2. The van der Waals surface area contributed by atoms with Gasteiger partial charge in [0.2, 0.25) is 11.8 Å². The molecule has 1 aliphatic heterocycles. The van der Waals surface area contributed by atoms with Crippen LogP contribution in [0.3, 0.4) is 0 Å². The summed E-state index contributed by atoms with van der Waals surface area (Å²) in [5, 5.41) is 0. The van der Waals surface area contributed by atoms with Crippen molar-refractivity contribution >= 4 is 47.7 Å². The number of nitrogens with two attached hydrogens (primary N) is 1. The van der Waals surface area contributed by atoms with E-state index in [0.717, 1.165) is 29.0 Å². The number of amides is 2. The molecule has 30 heavy (non-hydrogen) atoms. The highest BCUT2D eigenvalue weighted by Crippen LogP contribution is 2.20. The Morgan fingerprint density at radius 2 is 2.03 bits per heavy atom. The monoisotopic (exact) mass is 459 g/mol. The predicted octanol–water partition coefficient (Wildman–Crippen LogP) is 2.00. The van der Waals surface area contributed by atoms with Crippen molar-refractivity contribution in [3.63, 3.8) is 0 Å². The number of H-pyrrole nitrogens is 1. The second kappa shape index (κ2) is 11.4. The molecule has 2 atom stereocenters. The van der Waals surface area contributed by atoms with Crippen LogP contribution in [0.25, 0.3) is 11.0 Å². The van der Waals surface area contributed by atoms with E-state index < -0.39 is 0 Å². The Kier molecular flexibility index (Phi) is 9.87. The molecule has 0 spiro atoms. The fourth-order valence-corrected chi connectivity index (χ4v) is 3.66. The molecule has 2 amide bonds. The van der Waals surface area contributed by atoms with E-state index in [1.165, 1.54) is 6.92 Å². The fourth-order valence-electron chi connectivity index (χ4n) is 3.66. The van der Waals surface area contributed by atoms with E-state index in [0.29, 0.717) is 32.5 Å². The van der Waals surface area contributed by atoms with E-state index >= 15 is 0 Å². The van der Waals surface area contributed by atoms with Gasteiger partial charge < -0.3 is 25.3 Å². The predicted molar refractivity (Wildman–Crippen MR) is 121 cm³/mol. The third-order valence-electron chi connectivity index (χ3n) is 5.37. The maximum absolute atomic E-state index is 12.9. The first-order chi connectivity index (χ1) is 13.4. The average molecular weight is 460 g/mol. The number of nitrogens with zero attached hydrogens (tertiary/aromatic N) is 3. The molecule has 2 heterocycles. The number of nitrogens with one attached hydrogen (secondary N) is 1. The van der Waals surface area contributed by atoms with Crippen molar-refractivity contribution in [1.29, 1.82) is 0 Å². The first kappa shape index (κ1) is 26.0. The lowest BCUT2D eigenvalue weighted by Crippen LogP contribution is -2.43. The van der Waals surface area contributed by atoms with Crippen molar-refractivity contribution in [2.75, 3.05) is 33.8 Å². The maximum Gasteiger partial charge on any atom is 0.227 e. The van der Waals surface area contributed by atoms with E-state index in [1.807, 2.05) is 18.2 Å². The zero-order valence-electron chi connectivity index (χ0n) is 17.6. The topological polar surface area (TPSA) is 105 Å². The van der Waals surface area contributed by atoms with Gasteiger partial charge in [0.25, 0.3) is 0 Å². The van der Waals surface area contributed by atoms with Gasteiger partial charge in [-0.05, 0) is 25.0 Å². The van der Waals surface area contributed by atoms with Crippen LogP contribution >= 0.6 is 24.8 Å². The first-order valence-corrected chi connectivity index (χ1v) is 9.66. The van der Waals surface area contributed by atoms with Crippen LogP contribution in [-0.2, 0) is 16.0 Å². The molecule has 3 rings (SSSR count). The number of rotatable bonds is 5. The molecule has 8 nitrogen and oxygen atoms in total. The van der Waals surface area contributed by atoms with Crippen LogP contribution in [0.5, 0.6) is 5.75 Å². The van der Waals surface area contributed by atoms with Crippen LogP contribution in [0.2, 0.25) is 0 Å². The van der Waals surface area contributed by atoms with Gasteiger partial charge in [-0.25, -0.2) is 4.98 Å². The lowest BCUT2D eigenvalue weighted by Gasteiger charge is -2.26. The Morgan fingerprint density at radius 1 is 1.30 bits per heavy atom. The van der Waals surface area contributed by atoms with Gasteiger partial charge in [-0.3, -0.25) is 9.59 Å². The van der Waals surface area contributed by atoms with Gasteiger partial charge >= 0.3 is 0 Å². The van der Waals surface area contributed by atoms with Crippen LogP contribution in [0.4, 0.5) is 0 Å². The molecule has 1 aromatic carbocycles. The number of likely N-dealkylation sites (tertiary alicyclic amines) is 1. The number of halogens is 2. The van der Waals surface area contributed by atoms with Crippen molar-refractivity contribution in [1.82, 2.24) is 19.8 Å². The zero-order chi connectivity index (χ0) is 20.3. The van der Waals surface area contributed by atoms with Gasteiger partial charge in [-0.15, -0.1) is 24.8 Å². The van der Waals surface area contributed by atoms with Crippen molar-refractivity contribution in [3.8, 4) is 5.75 Å². The number of likely N-dealkylation sites (N-methyl/N-ethyl adjacent to an activating group) is 1. The fraction of sp³-hybridized carbons (Fsp3) is 0.550. The van der Waals surface area contributed by atoms with Crippen molar-refractivity contribution in [3.05, 3.63) is 24.0 Å². The molecular formula is C20H31Cl2N5O3. The van der Waals surface area contributed by atoms with Crippen LogP contribution < -0.4 is 10.5 Å². The Morgan fingerprint density at radius 3 is 2.70 bits per heavy atom. The second-order valence-corrected chi connectivity index (χ2v) is 7.53. The molecule has 1 fully saturated rings. The van der Waals surface area contributed by atoms with Gasteiger partial charge in [0.1, 0.15) is 11.6 Å². The summed E-state index contributed by atoms with van der Waals surface area (Å²) < 4.78 is 5.23. The molecule has 0 aliphatic carbocycles. The minimum atomic E-state index is -0.206. The highest BCUT2D eigenvalue weighted by molar-refractivity contribution is 5.85. The van der Waals surface area contributed by atoms with Crippen LogP contribution in [0.1, 0.15) is 25.6 Å². The summed E-state index contributed by atoms with van der Waals surface area (Å²) in [6.07, 6.45) is 2.08. The summed E-state index contributed by atoms with van der Waals surface area (Å²) in [6, 6.07) is 5.62. The quantitative estimate of drug-likeness (QED) is 0.711. The molecular weight excluding hydrogens is 429 g/mol. The minimum Gasteiger partial charge on any atom is -0.497 e. The van der Waals surface area contributed by atoms with Gasteiger partial charge in [0.05, 0.1) is 24.1 Å². The number of aromatic amines is 1. The number of hydrogen-bond acceptors (Lipinski definition) is 5.